The normalized spacial score (nSPS) is 12.8. The Morgan fingerprint density at radius 1 is 0.458 bits per heavy atom. The summed E-state index contributed by atoms with van der Waals surface area (Å²) in [5, 5.41) is 8.52. The maximum absolute atomic E-state index is 4.96. The van der Waals surface area contributed by atoms with Crippen molar-refractivity contribution in [2.24, 2.45) is 0 Å². The van der Waals surface area contributed by atoms with E-state index in [9.17, 15) is 0 Å². The maximum Gasteiger partial charge on any atom is 0.137 e. The van der Waals surface area contributed by atoms with Crippen LogP contribution in [0.2, 0.25) is 0 Å². The number of benzene rings is 5. The van der Waals surface area contributed by atoms with Crippen LogP contribution in [-0.4, -0.2) is 19.1 Å². The van der Waals surface area contributed by atoms with Crippen molar-refractivity contribution in [3.8, 4) is 11.5 Å². The summed E-state index contributed by atoms with van der Waals surface area (Å²) in [6.07, 6.45) is 3.92. The van der Waals surface area contributed by atoms with Crippen LogP contribution in [0.5, 0.6) is 0 Å². The van der Waals surface area contributed by atoms with Crippen molar-refractivity contribution in [3.05, 3.63) is 133 Å². The molecule has 4 nitrogen and oxygen atoms in total. The lowest BCUT2D eigenvalue weighted by Gasteiger charge is -2.21. The van der Waals surface area contributed by atoms with Gasteiger partial charge in [-0.1, -0.05) is 96.1 Å². The van der Waals surface area contributed by atoms with Gasteiger partial charge >= 0.3 is 0 Å². The third-order valence-corrected chi connectivity index (χ3v) is 10.1. The number of hydrogen-bond acceptors (Lipinski definition) is 2. The molecule has 0 radical (unpaired) electrons. The molecule has 4 aromatic heterocycles. The second kappa shape index (κ2) is 10.0. The second-order valence-corrected chi connectivity index (χ2v) is 15.2. The van der Waals surface area contributed by atoms with E-state index in [1.165, 1.54) is 59.9 Å². The fourth-order valence-electron chi connectivity index (χ4n) is 7.69. The van der Waals surface area contributed by atoms with E-state index >= 15 is 0 Å². The molecule has 0 amide bonds. The van der Waals surface area contributed by atoms with Gasteiger partial charge in [-0.3, -0.25) is 9.55 Å². The van der Waals surface area contributed by atoms with Gasteiger partial charge in [0.05, 0.1) is 27.6 Å². The molecule has 0 fully saturated rings. The van der Waals surface area contributed by atoms with Crippen LogP contribution < -0.4 is 0 Å². The maximum atomic E-state index is 4.96. The zero-order valence-corrected chi connectivity index (χ0v) is 28.3. The fraction of sp³-hybridized carbons (Fsp3) is 0.182. The highest BCUT2D eigenvalue weighted by atomic mass is 15.1. The number of rotatable bonds is 2. The summed E-state index contributed by atoms with van der Waals surface area (Å²) >= 11 is 0. The van der Waals surface area contributed by atoms with Crippen LogP contribution in [0, 0.1) is 0 Å². The lowest BCUT2D eigenvalue weighted by Crippen LogP contribution is -2.12. The zero-order valence-electron chi connectivity index (χ0n) is 28.3. The van der Waals surface area contributed by atoms with E-state index in [0.717, 1.165) is 28.1 Å². The second-order valence-electron chi connectivity index (χ2n) is 15.2. The summed E-state index contributed by atoms with van der Waals surface area (Å²) in [6.45, 7) is 13.6. The van der Waals surface area contributed by atoms with Gasteiger partial charge in [-0.05, 0) is 81.9 Å². The van der Waals surface area contributed by atoms with Gasteiger partial charge in [0.1, 0.15) is 5.82 Å². The van der Waals surface area contributed by atoms with Gasteiger partial charge in [0.25, 0.3) is 0 Å². The van der Waals surface area contributed by atoms with Crippen LogP contribution in [-0.2, 0) is 10.8 Å². The van der Waals surface area contributed by atoms with E-state index in [4.69, 9.17) is 9.97 Å². The first-order chi connectivity index (χ1) is 23.1. The summed E-state index contributed by atoms with van der Waals surface area (Å²) in [6, 6.07) is 40.1. The number of aromatic nitrogens is 4. The van der Waals surface area contributed by atoms with Crippen molar-refractivity contribution in [2.45, 2.75) is 52.4 Å². The molecule has 0 saturated carbocycles. The van der Waals surface area contributed by atoms with Crippen LogP contribution in [0.15, 0.2) is 122 Å². The minimum atomic E-state index is 0.0139. The zero-order chi connectivity index (χ0) is 32.9. The molecule has 0 N–H and O–H groups in total. The third kappa shape index (κ3) is 4.22. The van der Waals surface area contributed by atoms with Crippen LogP contribution >= 0.6 is 0 Å². The molecule has 0 bridgehead atoms. The predicted molar refractivity (Wildman–Crippen MR) is 203 cm³/mol. The Labute approximate surface area is 280 Å². The van der Waals surface area contributed by atoms with Gasteiger partial charge in [0, 0.05) is 50.4 Å². The molecule has 48 heavy (non-hydrogen) atoms. The van der Waals surface area contributed by atoms with E-state index in [2.05, 4.69) is 160 Å². The van der Waals surface area contributed by atoms with Gasteiger partial charge < -0.3 is 4.57 Å². The Bertz CT molecular complexity index is 2750. The van der Waals surface area contributed by atoms with E-state index in [1.54, 1.807) is 0 Å². The topological polar surface area (TPSA) is 35.6 Å². The minimum Gasteiger partial charge on any atom is -0.309 e. The molecule has 0 spiro atoms. The summed E-state index contributed by atoms with van der Waals surface area (Å²) < 4.78 is 4.76. The molecule has 5 aromatic carbocycles. The first-order valence-electron chi connectivity index (χ1n) is 16.8. The number of hydrogen-bond donors (Lipinski definition) is 0. The number of pyridine rings is 2. The molecule has 0 aliphatic rings. The molecule has 4 heterocycles. The van der Waals surface area contributed by atoms with Crippen LogP contribution in [0.3, 0.4) is 0 Å². The average Bonchev–Trinajstić information content (AvgIpc) is 3.58. The molecular weight excluding hydrogens is 585 g/mol. The lowest BCUT2D eigenvalue weighted by molar-refractivity contribution is 0.588. The molecule has 4 heteroatoms. The number of para-hydroxylation sites is 2. The fourth-order valence-corrected chi connectivity index (χ4v) is 7.69. The SMILES string of the molecule is CC(C)(C)c1ccnc(-n2c3ccccc3c3ccc(-n4c5ccccc5c5cc6ccc7c(C(C)(C)C)ccnc7c6cc54)cc32)c1. The van der Waals surface area contributed by atoms with Gasteiger partial charge in [0.15, 0.2) is 0 Å². The van der Waals surface area contributed by atoms with Crippen molar-refractivity contribution < 1.29 is 0 Å². The predicted octanol–water partition coefficient (Wildman–Crippen LogP) is 11.6. The highest BCUT2D eigenvalue weighted by Gasteiger charge is 2.21. The molecule has 234 valence electrons. The van der Waals surface area contributed by atoms with Crippen molar-refractivity contribution in [1.29, 1.82) is 0 Å². The van der Waals surface area contributed by atoms with Crippen molar-refractivity contribution in [2.75, 3.05) is 0 Å². The van der Waals surface area contributed by atoms with Crippen molar-refractivity contribution >= 4 is 65.3 Å². The van der Waals surface area contributed by atoms with Gasteiger partial charge in [0.2, 0.25) is 0 Å². The van der Waals surface area contributed by atoms with Crippen molar-refractivity contribution in [1.82, 2.24) is 19.1 Å². The Hall–Kier alpha value is -5.48. The molecule has 0 aliphatic heterocycles. The average molecular weight is 623 g/mol. The third-order valence-electron chi connectivity index (χ3n) is 10.1. The van der Waals surface area contributed by atoms with E-state index in [0.29, 0.717) is 0 Å². The van der Waals surface area contributed by atoms with Gasteiger partial charge in [-0.2, -0.15) is 0 Å². The molecule has 9 aromatic rings. The van der Waals surface area contributed by atoms with Gasteiger partial charge in [-0.15, -0.1) is 0 Å². The Morgan fingerprint density at radius 3 is 1.85 bits per heavy atom. The summed E-state index contributed by atoms with van der Waals surface area (Å²) in [5.74, 6) is 0.936. The summed E-state index contributed by atoms with van der Waals surface area (Å²) in [7, 11) is 0. The largest absolute Gasteiger partial charge is 0.309 e. The highest BCUT2D eigenvalue weighted by molar-refractivity contribution is 6.18. The molecule has 0 saturated heterocycles. The van der Waals surface area contributed by atoms with E-state index in [-0.39, 0.29) is 10.8 Å². The van der Waals surface area contributed by atoms with Crippen molar-refractivity contribution in [3.63, 3.8) is 0 Å². The Kier molecular flexibility index (Phi) is 5.99. The van der Waals surface area contributed by atoms with Crippen LogP contribution in [0.4, 0.5) is 0 Å². The quantitative estimate of drug-likeness (QED) is 0.180. The summed E-state index contributed by atoms with van der Waals surface area (Å²) in [5.41, 5.74) is 9.44. The molecular formula is C44H38N4. The molecule has 0 unspecified atom stereocenters. The van der Waals surface area contributed by atoms with Crippen LogP contribution in [0.25, 0.3) is 76.8 Å². The molecule has 0 aliphatic carbocycles. The Balaban J connectivity index is 1.37. The first-order valence-corrected chi connectivity index (χ1v) is 16.8. The number of fused-ring (bicyclic) bond motifs is 9. The number of nitrogens with zero attached hydrogens (tertiary/aromatic N) is 4. The first kappa shape index (κ1) is 28.7. The monoisotopic (exact) mass is 622 g/mol. The van der Waals surface area contributed by atoms with Gasteiger partial charge in [-0.25, -0.2) is 4.98 Å². The minimum absolute atomic E-state index is 0.0139. The standard InChI is InChI=1S/C44H38N4/c1-43(2,3)28-19-21-45-41(24-28)48-38-14-10-7-11-30(38)32-18-16-29(25-39(32)48)47-37-13-9-8-12-31(37)35-23-27-15-17-33-36(44(4,5)6)20-22-46-42(33)34(27)26-40(35)47/h7-26H,1-6H3. The lowest BCUT2D eigenvalue weighted by atomic mass is 9.84. The molecule has 0 atom stereocenters. The van der Waals surface area contributed by atoms with Crippen LogP contribution in [0.1, 0.15) is 52.7 Å². The van der Waals surface area contributed by atoms with E-state index < -0.39 is 0 Å². The Morgan fingerprint density at radius 2 is 1.10 bits per heavy atom. The highest BCUT2D eigenvalue weighted by Crippen LogP contribution is 2.40. The summed E-state index contributed by atoms with van der Waals surface area (Å²) in [4.78, 5) is 9.89. The smallest absolute Gasteiger partial charge is 0.137 e. The van der Waals surface area contributed by atoms with E-state index in [1.807, 2.05) is 12.4 Å². The molecule has 9 rings (SSSR count).